The van der Waals surface area contributed by atoms with Gasteiger partial charge < -0.3 is 14.2 Å². The first kappa shape index (κ1) is 23.2. The molecule has 0 aliphatic rings. The molecule has 0 aliphatic heterocycles. The minimum absolute atomic E-state index is 0.199. The quantitative estimate of drug-likeness (QED) is 0.354. The Morgan fingerprint density at radius 3 is 2.65 bits per heavy atom. The number of rotatable bonds is 6. The molecule has 3 rings (SSSR count). The van der Waals surface area contributed by atoms with Crippen LogP contribution in [0.15, 0.2) is 40.9 Å². The average Bonchev–Trinajstić information content (AvgIpc) is 3.11. The number of benzene rings is 2. The van der Waals surface area contributed by atoms with Crippen LogP contribution < -0.4 is 9.64 Å². The fraction of sp³-hybridized carbons (Fsp3) is 0.304. The van der Waals surface area contributed by atoms with Gasteiger partial charge in [-0.1, -0.05) is 12.1 Å². The first-order valence-electron chi connectivity index (χ1n) is 9.63. The maximum absolute atomic E-state index is 12.3. The maximum atomic E-state index is 12.3. The zero-order valence-corrected chi connectivity index (χ0v) is 20.5. The van der Waals surface area contributed by atoms with Crippen LogP contribution in [-0.4, -0.2) is 37.6 Å². The molecular formula is C23H25BrN2O4S. The number of aromatic nitrogens is 1. The van der Waals surface area contributed by atoms with E-state index in [1.54, 1.807) is 25.5 Å². The molecule has 0 radical (unpaired) electrons. The molecule has 0 fully saturated rings. The third kappa shape index (κ3) is 6.29. The van der Waals surface area contributed by atoms with Crippen molar-refractivity contribution in [3.8, 4) is 5.75 Å². The van der Waals surface area contributed by atoms with Gasteiger partial charge in [-0.15, -0.1) is 11.3 Å². The highest BCUT2D eigenvalue weighted by atomic mass is 79.9. The van der Waals surface area contributed by atoms with Gasteiger partial charge in [0.1, 0.15) is 16.4 Å². The number of ether oxygens (including phenoxy) is 3. The third-order valence-electron chi connectivity index (χ3n) is 4.15. The van der Waals surface area contributed by atoms with Crippen LogP contribution in [0.4, 0.5) is 10.5 Å². The lowest BCUT2D eigenvalue weighted by atomic mass is 10.2. The summed E-state index contributed by atoms with van der Waals surface area (Å²) in [5.74, 6) is 0.723. The summed E-state index contributed by atoms with van der Waals surface area (Å²) in [5, 5.41) is 0.878. The van der Waals surface area contributed by atoms with Crippen molar-refractivity contribution >= 4 is 61.4 Å². The second-order valence-corrected chi connectivity index (χ2v) is 9.73. The van der Waals surface area contributed by atoms with Crippen LogP contribution in [0.2, 0.25) is 0 Å². The van der Waals surface area contributed by atoms with Gasteiger partial charge in [-0.3, -0.25) is 4.90 Å². The summed E-state index contributed by atoms with van der Waals surface area (Å²) >= 11 is 5.10. The van der Waals surface area contributed by atoms with Gasteiger partial charge in [-0.2, -0.15) is 0 Å². The van der Waals surface area contributed by atoms with Gasteiger partial charge in [0.25, 0.3) is 0 Å². The SMILES string of the molecule is COCOc1ccc(/C=C/c2nc3cc(N(C)C(=O)OC(C)(C)C)ccc3s2)cc1Br. The van der Waals surface area contributed by atoms with Crippen LogP contribution in [0.25, 0.3) is 22.4 Å². The van der Waals surface area contributed by atoms with Crippen molar-refractivity contribution in [1.82, 2.24) is 4.98 Å². The first-order valence-corrected chi connectivity index (χ1v) is 11.2. The topological polar surface area (TPSA) is 60.9 Å². The van der Waals surface area contributed by atoms with Crippen molar-refractivity contribution in [3.05, 3.63) is 51.4 Å². The number of thiazole rings is 1. The molecule has 3 aromatic rings. The summed E-state index contributed by atoms with van der Waals surface area (Å²) in [7, 11) is 3.28. The van der Waals surface area contributed by atoms with E-state index in [0.29, 0.717) is 0 Å². The lowest BCUT2D eigenvalue weighted by molar-refractivity contribution is 0.0505. The summed E-state index contributed by atoms with van der Waals surface area (Å²) < 4.78 is 17.7. The van der Waals surface area contributed by atoms with E-state index in [1.165, 1.54) is 4.90 Å². The average molecular weight is 505 g/mol. The van der Waals surface area contributed by atoms with E-state index in [0.717, 1.165) is 36.7 Å². The van der Waals surface area contributed by atoms with Gasteiger partial charge in [0.15, 0.2) is 6.79 Å². The summed E-state index contributed by atoms with van der Waals surface area (Å²) in [6.45, 7) is 5.74. The second kappa shape index (κ2) is 9.80. The van der Waals surface area contributed by atoms with E-state index in [9.17, 15) is 4.79 Å². The van der Waals surface area contributed by atoms with Crippen molar-refractivity contribution in [1.29, 1.82) is 0 Å². The van der Waals surface area contributed by atoms with Crippen molar-refractivity contribution in [2.75, 3.05) is 25.9 Å². The van der Waals surface area contributed by atoms with E-state index in [-0.39, 0.29) is 6.79 Å². The molecule has 1 amide bonds. The van der Waals surface area contributed by atoms with E-state index >= 15 is 0 Å². The summed E-state index contributed by atoms with van der Waals surface area (Å²) in [4.78, 5) is 18.5. The zero-order chi connectivity index (χ0) is 22.6. The number of hydrogen-bond donors (Lipinski definition) is 0. The van der Waals surface area contributed by atoms with Crippen LogP contribution in [-0.2, 0) is 9.47 Å². The maximum Gasteiger partial charge on any atom is 0.414 e. The molecule has 2 aromatic carbocycles. The van der Waals surface area contributed by atoms with Crippen LogP contribution in [0.5, 0.6) is 5.75 Å². The Hall–Kier alpha value is -2.42. The smallest absolute Gasteiger partial charge is 0.414 e. The molecular weight excluding hydrogens is 480 g/mol. The molecule has 6 nitrogen and oxygen atoms in total. The molecule has 8 heteroatoms. The number of carbonyl (C=O) groups excluding carboxylic acids is 1. The number of amides is 1. The Labute approximate surface area is 194 Å². The number of anilines is 1. The first-order chi connectivity index (χ1) is 14.7. The summed E-state index contributed by atoms with van der Waals surface area (Å²) in [6, 6.07) is 11.6. The van der Waals surface area contributed by atoms with Crippen molar-refractivity contribution in [2.45, 2.75) is 26.4 Å². The Morgan fingerprint density at radius 2 is 1.97 bits per heavy atom. The normalized spacial score (nSPS) is 11.8. The van der Waals surface area contributed by atoms with Gasteiger partial charge >= 0.3 is 6.09 Å². The predicted octanol–water partition coefficient (Wildman–Crippen LogP) is 6.58. The molecule has 0 spiro atoms. The highest BCUT2D eigenvalue weighted by Gasteiger charge is 2.21. The Balaban J connectivity index is 1.76. The van der Waals surface area contributed by atoms with Crippen molar-refractivity contribution < 1.29 is 19.0 Å². The highest BCUT2D eigenvalue weighted by Crippen LogP contribution is 2.29. The summed E-state index contributed by atoms with van der Waals surface area (Å²) in [6.07, 6.45) is 3.57. The van der Waals surface area contributed by atoms with E-state index < -0.39 is 11.7 Å². The largest absolute Gasteiger partial charge is 0.466 e. The van der Waals surface area contributed by atoms with Crippen LogP contribution in [0, 0.1) is 0 Å². The van der Waals surface area contributed by atoms with Gasteiger partial charge in [-0.25, -0.2) is 9.78 Å². The predicted molar refractivity (Wildman–Crippen MR) is 130 cm³/mol. The van der Waals surface area contributed by atoms with Crippen molar-refractivity contribution in [2.24, 2.45) is 0 Å². The van der Waals surface area contributed by atoms with Gasteiger partial charge in [-0.05, 0) is 78.7 Å². The molecule has 0 unspecified atom stereocenters. The monoisotopic (exact) mass is 504 g/mol. The Kier molecular flexibility index (Phi) is 7.35. The minimum atomic E-state index is -0.545. The summed E-state index contributed by atoms with van der Waals surface area (Å²) in [5.41, 5.74) is 2.04. The molecule has 0 aliphatic carbocycles. The minimum Gasteiger partial charge on any atom is -0.466 e. The molecule has 0 atom stereocenters. The lowest BCUT2D eigenvalue weighted by Crippen LogP contribution is -2.34. The van der Waals surface area contributed by atoms with Gasteiger partial charge in [0.05, 0.1) is 14.7 Å². The van der Waals surface area contributed by atoms with Crippen LogP contribution in [0.3, 0.4) is 0 Å². The molecule has 31 heavy (non-hydrogen) atoms. The second-order valence-electron chi connectivity index (χ2n) is 7.82. The lowest BCUT2D eigenvalue weighted by Gasteiger charge is -2.24. The molecule has 1 aromatic heterocycles. The fourth-order valence-electron chi connectivity index (χ4n) is 2.68. The molecule has 0 saturated heterocycles. The molecule has 1 heterocycles. The number of hydrogen-bond acceptors (Lipinski definition) is 6. The molecule has 0 bridgehead atoms. The fourth-order valence-corrected chi connectivity index (χ4v) is 4.04. The van der Waals surface area contributed by atoms with E-state index in [2.05, 4.69) is 20.9 Å². The van der Waals surface area contributed by atoms with E-state index in [4.69, 9.17) is 14.2 Å². The number of nitrogens with zero attached hydrogens (tertiary/aromatic N) is 2. The van der Waals surface area contributed by atoms with Gasteiger partial charge in [0.2, 0.25) is 0 Å². The number of fused-ring (bicyclic) bond motifs is 1. The van der Waals surface area contributed by atoms with Crippen LogP contribution in [0.1, 0.15) is 31.3 Å². The van der Waals surface area contributed by atoms with E-state index in [1.807, 2.05) is 69.3 Å². The standard InChI is InChI=1S/C23H25BrN2O4S/c1-23(2,3)30-22(27)26(4)16-8-10-20-18(13-16)25-21(31-20)11-7-15-6-9-19(17(24)12-15)29-14-28-5/h6-13H,14H2,1-5H3/b11-7+. The van der Waals surface area contributed by atoms with Gasteiger partial charge in [0, 0.05) is 19.8 Å². The molecule has 0 saturated carbocycles. The Morgan fingerprint density at radius 1 is 1.19 bits per heavy atom. The Bertz CT molecular complexity index is 1100. The van der Waals surface area contributed by atoms with Crippen molar-refractivity contribution in [3.63, 3.8) is 0 Å². The number of carbonyl (C=O) groups is 1. The highest BCUT2D eigenvalue weighted by molar-refractivity contribution is 9.10. The number of halogens is 1. The molecule has 164 valence electrons. The molecule has 0 N–H and O–H groups in total. The third-order valence-corrected chi connectivity index (χ3v) is 5.77. The van der Waals surface area contributed by atoms with Crippen LogP contribution >= 0.6 is 27.3 Å². The number of methoxy groups -OCH3 is 1. The zero-order valence-electron chi connectivity index (χ0n) is 18.1.